The van der Waals surface area contributed by atoms with Crippen molar-refractivity contribution in [3.05, 3.63) is 84.4 Å². The molecule has 32 heavy (non-hydrogen) atoms. The second-order valence-electron chi connectivity index (χ2n) is 6.99. The van der Waals surface area contributed by atoms with Crippen LogP contribution in [0.5, 0.6) is 5.75 Å². The molecule has 1 aliphatic rings. The van der Waals surface area contributed by atoms with E-state index in [-0.39, 0.29) is 22.8 Å². The summed E-state index contributed by atoms with van der Waals surface area (Å²) in [5.74, 6) is -0.805. The summed E-state index contributed by atoms with van der Waals surface area (Å²) in [4.78, 5) is 24.8. The minimum Gasteiger partial charge on any atom is -0.476 e. The lowest BCUT2D eigenvalue weighted by Gasteiger charge is -2.34. The lowest BCUT2D eigenvalue weighted by molar-refractivity contribution is -0.122. The number of carbonyl (C=O) groups excluding carboxylic acids is 2. The number of nitrogens with one attached hydrogen (secondary N) is 1. The van der Waals surface area contributed by atoms with Crippen LogP contribution >= 0.6 is 0 Å². The van der Waals surface area contributed by atoms with Crippen molar-refractivity contribution in [1.82, 2.24) is 0 Å². The molecular formula is C23H20N2O6S. The number of benzene rings is 3. The third-order valence-corrected chi connectivity index (χ3v) is 6.70. The van der Waals surface area contributed by atoms with Gasteiger partial charge in [0.25, 0.3) is 15.9 Å². The highest BCUT2D eigenvalue weighted by molar-refractivity contribution is 7.92. The number of methoxy groups -OCH3 is 1. The van der Waals surface area contributed by atoms with Gasteiger partial charge in [-0.05, 0) is 42.5 Å². The van der Waals surface area contributed by atoms with Gasteiger partial charge in [0.2, 0.25) is 0 Å². The number of para-hydroxylation sites is 2. The van der Waals surface area contributed by atoms with Crippen LogP contribution in [-0.2, 0) is 19.6 Å². The molecule has 4 rings (SSSR count). The zero-order valence-electron chi connectivity index (χ0n) is 17.1. The van der Waals surface area contributed by atoms with Crippen LogP contribution in [-0.4, -0.2) is 40.1 Å². The van der Waals surface area contributed by atoms with Gasteiger partial charge in [0, 0.05) is 5.69 Å². The van der Waals surface area contributed by atoms with Gasteiger partial charge in [0.05, 0.1) is 29.8 Å². The Morgan fingerprint density at radius 3 is 2.47 bits per heavy atom. The molecule has 164 valence electrons. The Balaban J connectivity index is 1.63. The molecule has 1 aliphatic heterocycles. The molecule has 0 aliphatic carbocycles. The first-order valence-corrected chi connectivity index (χ1v) is 11.2. The summed E-state index contributed by atoms with van der Waals surface area (Å²) in [5, 5.41) is 2.68. The van der Waals surface area contributed by atoms with Crippen LogP contribution in [0, 0.1) is 0 Å². The number of anilines is 2. The van der Waals surface area contributed by atoms with Crippen molar-refractivity contribution in [2.24, 2.45) is 0 Å². The number of nitrogens with zero attached hydrogens (tertiary/aromatic N) is 1. The maximum Gasteiger partial charge on any atom is 0.337 e. The highest BCUT2D eigenvalue weighted by Gasteiger charge is 2.37. The minimum atomic E-state index is -3.92. The molecule has 3 aromatic carbocycles. The number of rotatable bonds is 5. The van der Waals surface area contributed by atoms with E-state index < -0.39 is 28.0 Å². The summed E-state index contributed by atoms with van der Waals surface area (Å²) < 4.78 is 38.3. The van der Waals surface area contributed by atoms with Crippen LogP contribution in [0.3, 0.4) is 0 Å². The molecule has 1 N–H and O–H groups in total. The van der Waals surface area contributed by atoms with E-state index in [9.17, 15) is 18.0 Å². The molecule has 9 heteroatoms. The van der Waals surface area contributed by atoms with E-state index >= 15 is 0 Å². The van der Waals surface area contributed by atoms with Crippen molar-refractivity contribution in [2.75, 3.05) is 23.3 Å². The zero-order chi connectivity index (χ0) is 22.7. The first-order valence-electron chi connectivity index (χ1n) is 9.73. The minimum absolute atomic E-state index is 0.113. The van der Waals surface area contributed by atoms with Crippen LogP contribution in [0.4, 0.5) is 11.4 Å². The number of carbonyl (C=O) groups is 2. The second-order valence-corrected chi connectivity index (χ2v) is 8.85. The number of hydrogen-bond donors (Lipinski definition) is 1. The highest BCUT2D eigenvalue weighted by Crippen LogP contribution is 2.36. The van der Waals surface area contributed by atoms with E-state index in [2.05, 4.69) is 5.32 Å². The first-order chi connectivity index (χ1) is 15.4. The molecule has 1 heterocycles. The lowest BCUT2D eigenvalue weighted by Crippen LogP contribution is -2.48. The Morgan fingerprint density at radius 1 is 1.00 bits per heavy atom. The SMILES string of the molecule is COC(=O)c1cccc(NC(=O)[C@H]2CN(S(=O)(=O)c3ccccc3)c3ccccc3O2)c1. The normalized spacial score (nSPS) is 15.3. The smallest absolute Gasteiger partial charge is 0.337 e. The molecule has 0 unspecified atom stereocenters. The van der Waals surface area contributed by atoms with Crippen LogP contribution in [0.2, 0.25) is 0 Å². The van der Waals surface area contributed by atoms with Crippen LogP contribution in [0.1, 0.15) is 10.4 Å². The standard InChI is InChI=1S/C23H20N2O6S/c1-30-23(27)16-8-7-9-17(14-16)24-22(26)21-15-25(19-12-5-6-13-20(19)31-21)32(28,29)18-10-3-2-4-11-18/h2-14,21H,15H2,1H3,(H,24,26)/t21-/m1/s1. The second kappa shape index (κ2) is 8.72. The lowest BCUT2D eigenvalue weighted by atomic mass is 10.2. The maximum absolute atomic E-state index is 13.3. The van der Waals surface area contributed by atoms with E-state index in [0.717, 1.165) is 0 Å². The van der Waals surface area contributed by atoms with Crippen molar-refractivity contribution in [3.63, 3.8) is 0 Å². The van der Waals surface area contributed by atoms with E-state index in [1.807, 2.05) is 0 Å². The molecule has 0 aromatic heterocycles. The number of hydrogen-bond acceptors (Lipinski definition) is 6. The summed E-state index contributed by atoms with van der Waals surface area (Å²) in [7, 11) is -2.66. The molecule has 8 nitrogen and oxygen atoms in total. The molecule has 0 fully saturated rings. The Kier molecular flexibility index (Phi) is 5.83. The van der Waals surface area contributed by atoms with Gasteiger partial charge in [0.15, 0.2) is 6.10 Å². The molecule has 1 amide bonds. The average Bonchev–Trinajstić information content (AvgIpc) is 2.83. The van der Waals surface area contributed by atoms with Crippen molar-refractivity contribution in [1.29, 1.82) is 0 Å². The number of sulfonamides is 1. The topological polar surface area (TPSA) is 102 Å². The molecule has 1 atom stereocenters. The average molecular weight is 452 g/mol. The summed E-state index contributed by atoms with van der Waals surface area (Å²) in [5.41, 5.74) is 0.986. The van der Waals surface area contributed by atoms with Gasteiger partial charge >= 0.3 is 5.97 Å². The van der Waals surface area contributed by atoms with Gasteiger partial charge in [-0.3, -0.25) is 9.10 Å². The van der Waals surface area contributed by atoms with Gasteiger partial charge in [0.1, 0.15) is 5.75 Å². The van der Waals surface area contributed by atoms with E-state index in [4.69, 9.17) is 9.47 Å². The predicted octanol–water partition coefficient (Wildman–Crippen LogP) is 3.07. The summed E-state index contributed by atoms with van der Waals surface area (Å²) in [6.45, 7) is -0.212. The first kappa shape index (κ1) is 21.4. The molecule has 3 aromatic rings. The van der Waals surface area contributed by atoms with Crippen molar-refractivity contribution >= 4 is 33.3 Å². The van der Waals surface area contributed by atoms with E-state index in [0.29, 0.717) is 11.4 Å². The van der Waals surface area contributed by atoms with E-state index in [1.54, 1.807) is 60.7 Å². The third-order valence-electron chi connectivity index (χ3n) is 4.91. The van der Waals surface area contributed by atoms with Gasteiger partial charge in [-0.15, -0.1) is 0 Å². The fourth-order valence-electron chi connectivity index (χ4n) is 3.35. The zero-order valence-corrected chi connectivity index (χ0v) is 17.9. The fraction of sp³-hybridized carbons (Fsp3) is 0.130. The monoisotopic (exact) mass is 452 g/mol. The number of ether oxygens (including phenoxy) is 2. The molecule has 0 radical (unpaired) electrons. The number of amides is 1. The molecule has 0 saturated carbocycles. The molecular weight excluding hydrogens is 432 g/mol. The van der Waals surface area contributed by atoms with Gasteiger partial charge < -0.3 is 14.8 Å². The Morgan fingerprint density at radius 2 is 1.72 bits per heavy atom. The number of fused-ring (bicyclic) bond motifs is 1. The summed E-state index contributed by atoms with van der Waals surface area (Å²) in [6.07, 6.45) is -1.11. The Bertz CT molecular complexity index is 1260. The molecule has 0 spiro atoms. The Labute approximate surface area is 185 Å². The van der Waals surface area contributed by atoms with Crippen molar-refractivity contribution < 1.29 is 27.5 Å². The van der Waals surface area contributed by atoms with Crippen molar-refractivity contribution in [2.45, 2.75) is 11.0 Å². The maximum atomic E-state index is 13.3. The van der Waals surface area contributed by atoms with E-state index in [1.165, 1.54) is 29.6 Å². The summed E-state index contributed by atoms with van der Waals surface area (Å²) in [6, 6.07) is 20.9. The van der Waals surface area contributed by atoms with Crippen LogP contribution in [0.15, 0.2) is 83.8 Å². The number of esters is 1. The summed E-state index contributed by atoms with van der Waals surface area (Å²) >= 11 is 0. The van der Waals surface area contributed by atoms with Gasteiger partial charge in [-0.25, -0.2) is 13.2 Å². The molecule has 0 bridgehead atoms. The van der Waals surface area contributed by atoms with Crippen LogP contribution in [0.25, 0.3) is 0 Å². The predicted molar refractivity (Wildman–Crippen MR) is 118 cm³/mol. The van der Waals surface area contributed by atoms with Gasteiger partial charge in [-0.2, -0.15) is 0 Å². The van der Waals surface area contributed by atoms with Gasteiger partial charge in [-0.1, -0.05) is 36.4 Å². The quantitative estimate of drug-likeness (QED) is 0.597. The highest BCUT2D eigenvalue weighted by atomic mass is 32.2. The Hall–Kier alpha value is -3.85. The van der Waals surface area contributed by atoms with Crippen molar-refractivity contribution in [3.8, 4) is 5.75 Å². The van der Waals surface area contributed by atoms with Crippen LogP contribution < -0.4 is 14.4 Å². The third kappa shape index (κ3) is 4.15. The molecule has 0 saturated heterocycles. The fourth-order valence-corrected chi connectivity index (χ4v) is 4.85. The largest absolute Gasteiger partial charge is 0.476 e.